The van der Waals surface area contributed by atoms with E-state index in [1.54, 1.807) is 0 Å². The van der Waals surface area contributed by atoms with Gasteiger partial charge in [0.2, 0.25) is 5.91 Å². The van der Waals surface area contributed by atoms with Crippen LogP contribution < -0.4 is 5.32 Å². The highest BCUT2D eigenvalue weighted by molar-refractivity contribution is 5.80. The number of nitrogens with one attached hydrogen (secondary N) is 1. The van der Waals surface area contributed by atoms with E-state index < -0.39 is 6.09 Å². The van der Waals surface area contributed by atoms with Crippen LogP contribution in [0.25, 0.3) is 0 Å². The fourth-order valence-electron chi connectivity index (χ4n) is 4.15. The minimum absolute atomic E-state index is 0.0303. The molecule has 2 aliphatic rings. The molecule has 0 spiro atoms. The van der Waals surface area contributed by atoms with E-state index in [1.165, 1.54) is 4.90 Å². The zero-order chi connectivity index (χ0) is 19.5. The van der Waals surface area contributed by atoms with Gasteiger partial charge < -0.3 is 25.0 Å². The van der Waals surface area contributed by atoms with Crippen LogP contribution in [0.15, 0.2) is 0 Å². The van der Waals surface area contributed by atoms with Crippen molar-refractivity contribution in [2.75, 3.05) is 39.4 Å². The quantitative estimate of drug-likeness (QED) is 0.791. The first-order chi connectivity index (χ1) is 12.1. The molecule has 2 heterocycles. The van der Waals surface area contributed by atoms with Crippen molar-refractivity contribution < 1.29 is 19.4 Å². The van der Waals surface area contributed by atoms with Gasteiger partial charge in [0.1, 0.15) is 0 Å². The summed E-state index contributed by atoms with van der Waals surface area (Å²) in [6, 6.07) is -0.190. The Kier molecular flexibility index (Phi) is 6.91. The summed E-state index contributed by atoms with van der Waals surface area (Å²) in [7, 11) is 0. The van der Waals surface area contributed by atoms with Gasteiger partial charge in [0, 0.05) is 25.7 Å². The lowest BCUT2D eigenvalue weighted by Gasteiger charge is -2.49. The fourth-order valence-corrected chi connectivity index (χ4v) is 4.15. The number of carbonyl (C=O) groups excluding carboxylic acids is 1. The summed E-state index contributed by atoms with van der Waals surface area (Å²) in [5, 5.41) is 13.4. The molecule has 2 amide bonds. The number of rotatable bonds is 4. The smallest absolute Gasteiger partial charge is 0.407 e. The molecule has 0 aromatic carbocycles. The van der Waals surface area contributed by atoms with Crippen molar-refractivity contribution in [1.82, 2.24) is 15.1 Å². The number of hydrogen-bond donors (Lipinski definition) is 2. The molecule has 0 aromatic heterocycles. The molecule has 0 saturated carbocycles. The van der Waals surface area contributed by atoms with E-state index in [2.05, 4.69) is 39.9 Å². The van der Waals surface area contributed by atoms with Gasteiger partial charge in [0.15, 0.2) is 0 Å². The second kappa shape index (κ2) is 8.57. The molecular formula is C19H35N3O4. The van der Waals surface area contributed by atoms with Crippen LogP contribution >= 0.6 is 0 Å². The van der Waals surface area contributed by atoms with Gasteiger partial charge in [-0.05, 0) is 24.3 Å². The van der Waals surface area contributed by atoms with E-state index >= 15 is 0 Å². The van der Waals surface area contributed by atoms with Gasteiger partial charge in [-0.15, -0.1) is 0 Å². The van der Waals surface area contributed by atoms with Crippen molar-refractivity contribution in [1.29, 1.82) is 0 Å². The maximum atomic E-state index is 13.0. The van der Waals surface area contributed by atoms with Gasteiger partial charge in [-0.25, -0.2) is 4.79 Å². The van der Waals surface area contributed by atoms with Gasteiger partial charge in [0.05, 0.1) is 25.2 Å². The number of carboxylic acid groups (broad SMARTS) is 1. The van der Waals surface area contributed by atoms with Gasteiger partial charge in [-0.3, -0.25) is 4.79 Å². The number of carbonyl (C=O) groups is 2. The minimum Gasteiger partial charge on any atom is -0.465 e. The Labute approximate surface area is 157 Å². The van der Waals surface area contributed by atoms with Crippen molar-refractivity contribution in [3.63, 3.8) is 0 Å². The van der Waals surface area contributed by atoms with Gasteiger partial charge in [0.25, 0.3) is 0 Å². The summed E-state index contributed by atoms with van der Waals surface area (Å²) < 4.78 is 5.33. The zero-order valence-electron chi connectivity index (χ0n) is 16.8. The first-order valence-electron chi connectivity index (χ1n) is 9.70. The number of hydrogen-bond acceptors (Lipinski definition) is 4. The Balaban J connectivity index is 2.22. The molecule has 0 aromatic rings. The van der Waals surface area contributed by atoms with Crippen LogP contribution in [0.4, 0.5) is 4.79 Å². The van der Waals surface area contributed by atoms with E-state index in [-0.39, 0.29) is 35.9 Å². The topological polar surface area (TPSA) is 82.1 Å². The van der Waals surface area contributed by atoms with E-state index in [0.29, 0.717) is 38.6 Å². The summed E-state index contributed by atoms with van der Waals surface area (Å²) in [4.78, 5) is 28.3. The number of ether oxygens (including phenoxy) is 1. The third-order valence-electron chi connectivity index (χ3n) is 5.27. The SMILES string of the molecule is CC(C)CN[C@H]1C[C@@H](C(=O)N2CCOCC2)CN(C(=O)O)C1C(C)(C)C. The molecule has 150 valence electrons. The molecule has 0 radical (unpaired) electrons. The second-order valence-corrected chi connectivity index (χ2v) is 9.02. The number of piperidine rings is 1. The number of likely N-dealkylation sites (tertiary alicyclic amines) is 1. The lowest BCUT2D eigenvalue weighted by atomic mass is 9.75. The predicted molar refractivity (Wildman–Crippen MR) is 100 cm³/mol. The molecule has 26 heavy (non-hydrogen) atoms. The predicted octanol–water partition coefficient (Wildman–Crippen LogP) is 1.87. The Bertz CT molecular complexity index is 498. The van der Waals surface area contributed by atoms with Gasteiger partial charge in [-0.2, -0.15) is 0 Å². The third kappa shape index (κ3) is 5.10. The van der Waals surface area contributed by atoms with Crippen molar-refractivity contribution in [3.8, 4) is 0 Å². The first kappa shape index (κ1) is 21.0. The molecule has 2 aliphatic heterocycles. The monoisotopic (exact) mass is 369 g/mol. The first-order valence-corrected chi connectivity index (χ1v) is 9.70. The van der Waals surface area contributed by atoms with Crippen LogP contribution in [0.2, 0.25) is 0 Å². The molecule has 2 saturated heterocycles. The highest BCUT2D eigenvalue weighted by Crippen LogP contribution is 2.35. The maximum absolute atomic E-state index is 13.0. The average molecular weight is 370 g/mol. The summed E-state index contributed by atoms with van der Waals surface area (Å²) >= 11 is 0. The van der Waals surface area contributed by atoms with Crippen LogP contribution in [-0.4, -0.2) is 78.4 Å². The van der Waals surface area contributed by atoms with Crippen molar-refractivity contribution >= 4 is 12.0 Å². The van der Waals surface area contributed by atoms with Crippen LogP contribution in [0.5, 0.6) is 0 Å². The Morgan fingerprint density at radius 3 is 2.35 bits per heavy atom. The highest BCUT2D eigenvalue weighted by Gasteiger charge is 2.46. The summed E-state index contributed by atoms with van der Waals surface area (Å²) in [5.74, 6) is 0.222. The Morgan fingerprint density at radius 1 is 1.23 bits per heavy atom. The van der Waals surface area contributed by atoms with Crippen LogP contribution in [0.1, 0.15) is 41.0 Å². The van der Waals surface area contributed by atoms with Gasteiger partial charge >= 0.3 is 6.09 Å². The fraction of sp³-hybridized carbons (Fsp3) is 0.895. The minimum atomic E-state index is -0.944. The standard InChI is InChI=1S/C19H35N3O4/c1-13(2)11-20-15-10-14(17(23)21-6-8-26-9-7-21)12-22(18(24)25)16(15)19(3,4)5/h13-16,20H,6-12H2,1-5H3,(H,24,25)/t14-,15+,16?/m1/s1. The van der Waals surface area contributed by atoms with E-state index in [9.17, 15) is 14.7 Å². The number of nitrogens with zero attached hydrogens (tertiary/aromatic N) is 2. The lowest BCUT2D eigenvalue weighted by molar-refractivity contribution is -0.143. The second-order valence-electron chi connectivity index (χ2n) is 9.02. The normalized spacial score (nSPS) is 27.7. The largest absolute Gasteiger partial charge is 0.465 e. The Hall–Kier alpha value is -1.34. The van der Waals surface area contributed by atoms with Crippen LogP contribution in [0.3, 0.4) is 0 Å². The molecule has 0 aliphatic carbocycles. The highest BCUT2D eigenvalue weighted by atomic mass is 16.5. The summed E-state index contributed by atoms with van der Waals surface area (Å²) in [6.07, 6.45) is -0.269. The zero-order valence-corrected chi connectivity index (χ0v) is 16.8. The molecular weight excluding hydrogens is 334 g/mol. The summed E-state index contributed by atoms with van der Waals surface area (Å²) in [6.45, 7) is 13.9. The molecule has 2 rings (SSSR count). The lowest BCUT2D eigenvalue weighted by Crippen LogP contribution is -2.64. The molecule has 2 N–H and O–H groups in total. The van der Waals surface area contributed by atoms with E-state index in [4.69, 9.17) is 4.74 Å². The molecule has 1 unspecified atom stereocenters. The van der Waals surface area contributed by atoms with Gasteiger partial charge in [-0.1, -0.05) is 34.6 Å². The number of amides is 2. The molecule has 7 heteroatoms. The summed E-state index contributed by atoms with van der Waals surface area (Å²) in [5.41, 5.74) is -0.208. The molecule has 0 bridgehead atoms. The third-order valence-corrected chi connectivity index (χ3v) is 5.27. The van der Waals surface area contributed by atoms with E-state index in [0.717, 1.165) is 6.54 Å². The Morgan fingerprint density at radius 2 is 1.85 bits per heavy atom. The molecule has 7 nitrogen and oxygen atoms in total. The number of morpholine rings is 1. The van der Waals surface area contributed by atoms with Crippen molar-refractivity contribution in [2.45, 2.75) is 53.1 Å². The molecule has 2 fully saturated rings. The molecule has 3 atom stereocenters. The average Bonchev–Trinajstić information content (AvgIpc) is 2.58. The van der Waals surface area contributed by atoms with Crippen molar-refractivity contribution in [3.05, 3.63) is 0 Å². The van der Waals surface area contributed by atoms with Crippen LogP contribution in [0, 0.1) is 17.3 Å². The van der Waals surface area contributed by atoms with E-state index in [1.807, 2.05) is 4.90 Å². The van der Waals surface area contributed by atoms with Crippen LogP contribution in [-0.2, 0) is 9.53 Å². The van der Waals surface area contributed by atoms with Crippen molar-refractivity contribution in [2.24, 2.45) is 17.3 Å². The maximum Gasteiger partial charge on any atom is 0.407 e.